The van der Waals surface area contributed by atoms with E-state index >= 15 is 0 Å². The Morgan fingerprint density at radius 2 is 2.00 bits per heavy atom. The summed E-state index contributed by atoms with van der Waals surface area (Å²) >= 11 is 9.04. The van der Waals surface area contributed by atoms with E-state index in [1.54, 1.807) is 17.5 Å². The molecule has 0 amide bonds. The van der Waals surface area contributed by atoms with E-state index in [4.69, 9.17) is 23.2 Å². The minimum absolute atomic E-state index is 0.455. The van der Waals surface area contributed by atoms with E-state index in [0.29, 0.717) is 27.1 Å². The number of hydrogen-bond acceptors (Lipinski definition) is 6. The van der Waals surface area contributed by atoms with Crippen molar-refractivity contribution < 1.29 is 0 Å². The molecule has 1 saturated heterocycles. The van der Waals surface area contributed by atoms with Gasteiger partial charge in [-0.2, -0.15) is 5.26 Å². The summed E-state index contributed by atoms with van der Waals surface area (Å²) in [5.74, 6) is 0.614. The Hall–Kier alpha value is -2.58. The first-order chi connectivity index (χ1) is 14.7. The fraction of sp³-hybridized carbons (Fsp3) is 0.273. The van der Waals surface area contributed by atoms with Gasteiger partial charge in [0.2, 0.25) is 5.69 Å². The Bertz CT molecular complexity index is 1120. The highest BCUT2D eigenvalue weighted by Gasteiger charge is 2.22. The van der Waals surface area contributed by atoms with Crippen LogP contribution in [0.3, 0.4) is 0 Å². The van der Waals surface area contributed by atoms with E-state index in [1.807, 2.05) is 29.6 Å². The lowest BCUT2D eigenvalue weighted by Crippen LogP contribution is -2.30. The highest BCUT2D eigenvalue weighted by atomic mass is 35.5. The Morgan fingerprint density at radius 3 is 2.70 bits per heavy atom. The van der Waals surface area contributed by atoms with Gasteiger partial charge in [0.15, 0.2) is 0 Å². The number of nitrogens with zero attached hydrogens (tertiary/aromatic N) is 5. The Labute approximate surface area is 189 Å². The molecule has 0 radical (unpaired) electrons. The van der Waals surface area contributed by atoms with E-state index in [-0.39, 0.29) is 0 Å². The smallest absolute Gasteiger partial charge is 0.229 e. The molecule has 8 heteroatoms. The summed E-state index contributed by atoms with van der Waals surface area (Å²) in [6.45, 7) is 9.26. The molecule has 0 spiro atoms. The fourth-order valence-electron chi connectivity index (χ4n) is 3.45. The highest BCUT2D eigenvalue weighted by Crippen LogP contribution is 2.39. The molecule has 0 saturated carbocycles. The molecule has 1 fully saturated rings. The molecule has 3 heterocycles. The van der Waals surface area contributed by atoms with Crippen molar-refractivity contribution in [2.45, 2.75) is 30.0 Å². The number of anilines is 1. The Balaban J connectivity index is 1.56. The molecule has 0 atom stereocenters. The molecule has 1 aliphatic rings. The largest absolute Gasteiger partial charge is 0.379 e. The molecular formula is C22H18ClN5S2. The summed E-state index contributed by atoms with van der Waals surface area (Å²) < 4.78 is 0. The standard InChI is InChI=1S/C22H18ClN5S2/c1-25-19-12-26-22(18(11-24)20(19)28-9-3-2-4-10-28)30-14-17-13-29-21(27-17)15-5-7-16(23)8-6-15/h5-8,12-13H,2-4,9-10,14H2. The molecule has 5 nitrogen and oxygen atoms in total. The fourth-order valence-corrected chi connectivity index (χ4v) is 5.35. The van der Waals surface area contributed by atoms with E-state index < -0.39 is 0 Å². The predicted molar refractivity (Wildman–Crippen MR) is 123 cm³/mol. The number of thioether (sulfide) groups is 1. The van der Waals surface area contributed by atoms with Crippen molar-refractivity contribution in [2.75, 3.05) is 18.0 Å². The molecular weight excluding hydrogens is 434 g/mol. The maximum absolute atomic E-state index is 9.87. The lowest BCUT2D eigenvalue weighted by atomic mass is 10.1. The zero-order chi connectivity index (χ0) is 20.9. The van der Waals surface area contributed by atoms with E-state index in [2.05, 4.69) is 20.8 Å². The molecule has 3 aromatic rings. The van der Waals surface area contributed by atoms with Gasteiger partial charge in [0.25, 0.3) is 0 Å². The third-order valence-corrected chi connectivity index (χ3v) is 7.12. The van der Waals surface area contributed by atoms with Crippen LogP contribution in [0.15, 0.2) is 40.9 Å². The number of halogens is 1. The average molecular weight is 452 g/mol. The highest BCUT2D eigenvalue weighted by molar-refractivity contribution is 7.98. The summed E-state index contributed by atoms with van der Waals surface area (Å²) in [6, 6.07) is 9.95. The summed E-state index contributed by atoms with van der Waals surface area (Å²) in [5, 5.41) is 14.2. The second-order valence-electron chi connectivity index (χ2n) is 6.88. The normalized spacial score (nSPS) is 13.6. The van der Waals surface area contributed by atoms with Crippen molar-refractivity contribution in [1.82, 2.24) is 9.97 Å². The summed E-state index contributed by atoms with van der Waals surface area (Å²) in [7, 11) is 0. The Kier molecular flexibility index (Phi) is 6.54. The zero-order valence-corrected chi connectivity index (χ0v) is 18.5. The van der Waals surface area contributed by atoms with Gasteiger partial charge in [-0.25, -0.2) is 9.83 Å². The molecule has 0 bridgehead atoms. The number of thiazole rings is 1. The SMILES string of the molecule is [C-]#[N+]c1cnc(SCc2csc(-c3ccc(Cl)cc3)n2)c(C#N)c1N1CCCCC1. The maximum Gasteiger partial charge on any atom is 0.229 e. The third kappa shape index (κ3) is 4.44. The number of benzene rings is 1. The summed E-state index contributed by atoms with van der Waals surface area (Å²) in [6.07, 6.45) is 4.96. The van der Waals surface area contributed by atoms with Crippen LogP contribution in [-0.4, -0.2) is 23.1 Å². The van der Waals surface area contributed by atoms with Gasteiger partial charge in [-0.3, -0.25) is 4.98 Å². The molecule has 2 aromatic heterocycles. The lowest BCUT2D eigenvalue weighted by Gasteiger charge is -2.30. The van der Waals surface area contributed by atoms with Crippen LogP contribution in [0.1, 0.15) is 30.5 Å². The van der Waals surface area contributed by atoms with Crippen LogP contribution in [0.5, 0.6) is 0 Å². The van der Waals surface area contributed by atoms with Gasteiger partial charge in [-0.15, -0.1) is 11.3 Å². The number of pyridine rings is 1. The second-order valence-corrected chi connectivity index (χ2v) is 9.14. The van der Waals surface area contributed by atoms with Gasteiger partial charge >= 0.3 is 0 Å². The first kappa shape index (κ1) is 20.7. The summed E-state index contributed by atoms with van der Waals surface area (Å²) in [4.78, 5) is 14.9. The molecule has 150 valence electrons. The first-order valence-corrected chi connectivity index (χ1v) is 11.8. The second kappa shape index (κ2) is 9.49. The van der Waals surface area contributed by atoms with Gasteiger partial charge in [0.05, 0.1) is 23.5 Å². The predicted octanol–water partition coefficient (Wildman–Crippen LogP) is 6.56. The number of nitriles is 1. The van der Waals surface area contributed by atoms with Gasteiger partial charge in [-0.1, -0.05) is 35.5 Å². The molecule has 1 aliphatic heterocycles. The summed E-state index contributed by atoms with van der Waals surface area (Å²) in [5.41, 5.74) is 3.67. The average Bonchev–Trinajstić information content (AvgIpc) is 3.27. The molecule has 1 aromatic carbocycles. The zero-order valence-electron chi connectivity index (χ0n) is 16.1. The lowest BCUT2D eigenvalue weighted by molar-refractivity contribution is 0.577. The maximum atomic E-state index is 9.87. The minimum atomic E-state index is 0.455. The number of aromatic nitrogens is 2. The Morgan fingerprint density at radius 1 is 1.23 bits per heavy atom. The van der Waals surface area contributed by atoms with Crippen LogP contribution in [0, 0.1) is 17.9 Å². The third-order valence-electron chi connectivity index (χ3n) is 4.90. The van der Waals surface area contributed by atoms with Gasteiger partial charge in [0, 0.05) is 41.0 Å². The van der Waals surface area contributed by atoms with Crippen molar-refractivity contribution in [3.63, 3.8) is 0 Å². The monoisotopic (exact) mass is 451 g/mol. The molecule has 0 N–H and O–H groups in total. The number of piperidine rings is 1. The van der Waals surface area contributed by atoms with Crippen LogP contribution in [0.4, 0.5) is 11.4 Å². The van der Waals surface area contributed by atoms with E-state index in [9.17, 15) is 5.26 Å². The van der Waals surface area contributed by atoms with Gasteiger partial charge in [-0.05, 0) is 31.4 Å². The van der Waals surface area contributed by atoms with Crippen LogP contribution in [0.25, 0.3) is 15.4 Å². The first-order valence-electron chi connectivity index (χ1n) is 9.58. The molecule has 4 rings (SSSR count). The quantitative estimate of drug-likeness (QED) is 0.324. The van der Waals surface area contributed by atoms with Crippen molar-refractivity contribution in [2.24, 2.45) is 0 Å². The van der Waals surface area contributed by atoms with Crippen LogP contribution in [-0.2, 0) is 5.75 Å². The molecule has 30 heavy (non-hydrogen) atoms. The molecule has 0 aliphatic carbocycles. The van der Waals surface area contributed by atoms with Gasteiger partial charge < -0.3 is 4.90 Å². The van der Waals surface area contributed by atoms with Crippen LogP contribution in [0.2, 0.25) is 5.02 Å². The topological polar surface area (TPSA) is 57.2 Å². The number of rotatable bonds is 5. The number of hydrogen-bond donors (Lipinski definition) is 0. The van der Waals surface area contributed by atoms with Crippen molar-refractivity contribution in [3.8, 4) is 16.6 Å². The van der Waals surface area contributed by atoms with Gasteiger partial charge in [0.1, 0.15) is 16.1 Å². The van der Waals surface area contributed by atoms with Crippen LogP contribution >= 0.6 is 34.7 Å². The van der Waals surface area contributed by atoms with E-state index in [0.717, 1.165) is 47.9 Å². The van der Waals surface area contributed by atoms with E-state index in [1.165, 1.54) is 18.2 Å². The minimum Gasteiger partial charge on any atom is -0.379 e. The van der Waals surface area contributed by atoms with Crippen molar-refractivity contribution in [1.29, 1.82) is 5.26 Å². The van der Waals surface area contributed by atoms with Crippen molar-refractivity contribution in [3.05, 3.63) is 63.5 Å². The molecule has 0 unspecified atom stereocenters. The van der Waals surface area contributed by atoms with Crippen molar-refractivity contribution >= 4 is 46.1 Å². The van der Waals surface area contributed by atoms with Crippen LogP contribution < -0.4 is 4.90 Å².